The summed E-state index contributed by atoms with van der Waals surface area (Å²) in [7, 11) is -1.93. The summed E-state index contributed by atoms with van der Waals surface area (Å²) in [6.07, 6.45) is 1.04. The Morgan fingerprint density at radius 2 is 2.12 bits per heavy atom. The SMILES string of the molecule is COc1ccc(CNS(C)(=O)=O)cc1C(=O)O. The van der Waals surface area contributed by atoms with E-state index in [0.717, 1.165) is 6.26 Å². The number of carbonyl (C=O) groups is 1. The van der Waals surface area contributed by atoms with E-state index in [1.165, 1.54) is 19.2 Å². The molecule has 0 aliphatic carbocycles. The average Bonchev–Trinajstić information content (AvgIpc) is 2.25. The van der Waals surface area contributed by atoms with Crippen molar-refractivity contribution in [2.24, 2.45) is 0 Å². The van der Waals surface area contributed by atoms with Gasteiger partial charge >= 0.3 is 5.97 Å². The van der Waals surface area contributed by atoms with Gasteiger partial charge in [-0.05, 0) is 17.7 Å². The van der Waals surface area contributed by atoms with E-state index >= 15 is 0 Å². The van der Waals surface area contributed by atoms with Crippen molar-refractivity contribution >= 4 is 16.0 Å². The van der Waals surface area contributed by atoms with Crippen LogP contribution >= 0.6 is 0 Å². The second kappa shape index (κ2) is 5.15. The molecule has 17 heavy (non-hydrogen) atoms. The molecule has 0 saturated heterocycles. The molecule has 1 aromatic carbocycles. The van der Waals surface area contributed by atoms with Gasteiger partial charge in [-0.1, -0.05) is 6.07 Å². The van der Waals surface area contributed by atoms with Gasteiger partial charge in [0.1, 0.15) is 11.3 Å². The summed E-state index contributed by atoms with van der Waals surface area (Å²) in [5.74, 6) is -0.885. The first-order valence-electron chi connectivity index (χ1n) is 4.68. The summed E-state index contributed by atoms with van der Waals surface area (Å²) in [5.41, 5.74) is 0.550. The van der Waals surface area contributed by atoms with Crippen LogP contribution < -0.4 is 9.46 Å². The summed E-state index contributed by atoms with van der Waals surface area (Å²) in [6.45, 7) is 0.0447. The third-order valence-corrected chi connectivity index (χ3v) is 2.70. The van der Waals surface area contributed by atoms with E-state index in [-0.39, 0.29) is 17.9 Å². The summed E-state index contributed by atoms with van der Waals surface area (Å²) >= 11 is 0. The van der Waals surface area contributed by atoms with Crippen LogP contribution in [-0.4, -0.2) is 32.9 Å². The minimum absolute atomic E-state index is 0.000279. The molecule has 0 spiro atoms. The van der Waals surface area contributed by atoms with Gasteiger partial charge in [-0.25, -0.2) is 17.9 Å². The fraction of sp³-hybridized carbons (Fsp3) is 0.300. The van der Waals surface area contributed by atoms with Crippen molar-refractivity contribution in [2.75, 3.05) is 13.4 Å². The molecule has 0 aromatic heterocycles. The third kappa shape index (κ3) is 4.04. The molecule has 0 radical (unpaired) electrons. The molecule has 0 fully saturated rings. The molecule has 1 rings (SSSR count). The van der Waals surface area contributed by atoms with Crippen LogP contribution in [-0.2, 0) is 16.6 Å². The van der Waals surface area contributed by atoms with Crippen LogP contribution in [0.15, 0.2) is 18.2 Å². The Balaban J connectivity index is 2.96. The van der Waals surface area contributed by atoms with Crippen LogP contribution in [0.2, 0.25) is 0 Å². The Bertz CT molecular complexity index is 523. The fourth-order valence-corrected chi connectivity index (χ4v) is 1.68. The number of sulfonamides is 1. The van der Waals surface area contributed by atoms with Gasteiger partial charge in [0.2, 0.25) is 10.0 Å². The summed E-state index contributed by atoms with van der Waals surface area (Å²) < 4.78 is 29.0. The van der Waals surface area contributed by atoms with Crippen molar-refractivity contribution in [1.82, 2.24) is 4.72 Å². The third-order valence-electron chi connectivity index (χ3n) is 2.03. The van der Waals surface area contributed by atoms with Crippen LogP contribution in [0.3, 0.4) is 0 Å². The van der Waals surface area contributed by atoms with Crippen LogP contribution in [0.4, 0.5) is 0 Å². The molecule has 0 saturated carbocycles. The van der Waals surface area contributed by atoms with Crippen LogP contribution in [0.25, 0.3) is 0 Å². The van der Waals surface area contributed by atoms with Crippen molar-refractivity contribution in [3.63, 3.8) is 0 Å². The fourth-order valence-electron chi connectivity index (χ4n) is 1.25. The van der Waals surface area contributed by atoms with E-state index in [1.807, 2.05) is 0 Å². The van der Waals surface area contributed by atoms with Crippen LogP contribution in [0.1, 0.15) is 15.9 Å². The van der Waals surface area contributed by atoms with Gasteiger partial charge in [-0.15, -0.1) is 0 Å². The monoisotopic (exact) mass is 259 g/mol. The number of aromatic carboxylic acids is 1. The highest BCUT2D eigenvalue weighted by molar-refractivity contribution is 7.88. The van der Waals surface area contributed by atoms with Crippen LogP contribution in [0, 0.1) is 0 Å². The van der Waals surface area contributed by atoms with Crippen molar-refractivity contribution in [3.8, 4) is 5.75 Å². The maximum Gasteiger partial charge on any atom is 0.339 e. The van der Waals surface area contributed by atoms with E-state index in [4.69, 9.17) is 9.84 Å². The molecule has 2 N–H and O–H groups in total. The lowest BCUT2D eigenvalue weighted by atomic mass is 10.1. The number of rotatable bonds is 5. The van der Waals surface area contributed by atoms with E-state index in [0.29, 0.717) is 5.56 Å². The quantitative estimate of drug-likeness (QED) is 0.800. The van der Waals surface area contributed by atoms with Gasteiger partial charge in [0.05, 0.1) is 13.4 Å². The first-order chi connectivity index (χ1) is 7.83. The lowest BCUT2D eigenvalue weighted by molar-refractivity contribution is 0.0693. The van der Waals surface area contributed by atoms with Gasteiger partial charge in [0.25, 0.3) is 0 Å². The Morgan fingerprint density at radius 3 is 2.59 bits per heavy atom. The number of benzene rings is 1. The van der Waals surface area contributed by atoms with Crippen molar-refractivity contribution in [1.29, 1.82) is 0 Å². The molecule has 0 aliphatic rings. The highest BCUT2D eigenvalue weighted by Crippen LogP contribution is 2.19. The lowest BCUT2D eigenvalue weighted by Gasteiger charge is -2.07. The van der Waals surface area contributed by atoms with E-state index in [9.17, 15) is 13.2 Å². The number of hydrogen-bond donors (Lipinski definition) is 2. The van der Waals surface area contributed by atoms with Crippen LogP contribution in [0.5, 0.6) is 5.75 Å². The maximum absolute atomic E-state index is 10.9. The molecule has 0 atom stereocenters. The summed E-state index contributed by atoms with van der Waals surface area (Å²) in [5, 5.41) is 8.93. The zero-order chi connectivity index (χ0) is 13.1. The van der Waals surface area contributed by atoms with Crippen molar-refractivity contribution < 1.29 is 23.1 Å². The molecule has 6 nitrogen and oxygen atoms in total. The van der Waals surface area contributed by atoms with Gasteiger partial charge < -0.3 is 9.84 Å². The maximum atomic E-state index is 10.9. The minimum Gasteiger partial charge on any atom is -0.496 e. The van der Waals surface area contributed by atoms with E-state index < -0.39 is 16.0 Å². The zero-order valence-electron chi connectivity index (χ0n) is 9.43. The highest BCUT2D eigenvalue weighted by Gasteiger charge is 2.12. The molecular formula is C10H13NO5S. The van der Waals surface area contributed by atoms with Crippen molar-refractivity contribution in [3.05, 3.63) is 29.3 Å². The van der Waals surface area contributed by atoms with Gasteiger partial charge in [-0.2, -0.15) is 0 Å². The summed E-state index contributed by atoms with van der Waals surface area (Å²) in [4.78, 5) is 10.9. The normalized spacial score (nSPS) is 11.2. The first-order valence-corrected chi connectivity index (χ1v) is 6.57. The Kier molecular flexibility index (Phi) is 4.08. The predicted octanol–water partition coefficient (Wildman–Crippen LogP) is 0.443. The molecule has 0 amide bonds. The second-order valence-corrected chi connectivity index (χ2v) is 5.27. The topological polar surface area (TPSA) is 92.7 Å². The Morgan fingerprint density at radius 1 is 1.47 bits per heavy atom. The lowest BCUT2D eigenvalue weighted by Crippen LogP contribution is -2.21. The number of carboxylic acids is 1. The molecule has 1 aromatic rings. The van der Waals surface area contributed by atoms with Gasteiger partial charge in [-0.3, -0.25) is 0 Å². The van der Waals surface area contributed by atoms with Crippen molar-refractivity contribution in [2.45, 2.75) is 6.54 Å². The number of ether oxygens (including phenoxy) is 1. The molecule has 94 valence electrons. The second-order valence-electron chi connectivity index (χ2n) is 3.43. The smallest absolute Gasteiger partial charge is 0.339 e. The number of nitrogens with one attached hydrogen (secondary N) is 1. The average molecular weight is 259 g/mol. The molecule has 7 heteroatoms. The predicted molar refractivity (Wildman–Crippen MR) is 61.6 cm³/mol. The number of carboxylic acid groups (broad SMARTS) is 1. The molecule has 0 heterocycles. The van der Waals surface area contributed by atoms with E-state index in [2.05, 4.69) is 4.72 Å². The number of hydrogen-bond acceptors (Lipinski definition) is 4. The first kappa shape index (κ1) is 13.5. The largest absolute Gasteiger partial charge is 0.496 e. The molecule has 0 aliphatic heterocycles. The molecule has 0 unspecified atom stereocenters. The minimum atomic E-state index is -3.30. The molecule has 0 bridgehead atoms. The van der Waals surface area contributed by atoms with Gasteiger partial charge in [0.15, 0.2) is 0 Å². The van der Waals surface area contributed by atoms with E-state index in [1.54, 1.807) is 6.07 Å². The highest BCUT2D eigenvalue weighted by atomic mass is 32.2. The zero-order valence-corrected chi connectivity index (χ0v) is 10.2. The summed E-state index contributed by atoms with van der Waals surface area (Å²) in [6, 6.07) is 4.46. The standard InChI is InChI=1S/C10H13NO5S/c1-16-9-4-3-7(5-8(9)10(12)13)6-11-17(2,14)15/h3-5,11H,6H2,1-2H3,(H,12,13). The number of methoxy groups -OCH3 is 1. The molecular weight excluding hydrogens is 246 g/mol. The Hall–Kier alpha value is -1.60. The van der Waals surface area contributed by atoms with Gasteiger partial charge in [0, 0.05) is 6.54 Å². The Labute approximate surface area is 99.3 Å².